The SMILES string of the molecule is CC(=O)c1ccc2oc(-c3ccccc3)nc2c1.CC=Nc1ccccc1C=O.CCCC.CCCCNC. The second-order valence-corrected chi connectivity index (χ2v) is 8.64. The fraction of sp³-hybridized carbons (Fsp3) is 0.333. The molecule has 0 saturated heterocycles. The summed E-state index contributed by atoms with van der Waals surface area (Å²) in [5, 5.41) is 3.07. The minimum atomic E-state index is 0.0289. The van der Waals surface area contributed by atoms with Crippen molar-refractivity contribution in [3.8, 4) is 11.5 Å². The molecule has 0 aliphatic rings. The zero-order valence-electron chi connectivity index (χ0n) is 24.2. The zero-order valence-corrected chi connectivity index (χ0v) is 24.2. The van der Waals surface area contributed by atoms with Gasteiger partial charge >= 0.3 is 0 Å². The molecular weight excluding hydrogens is 486 g/mol. The summed E-state index contributed by atoms with van der Waals surface area (Å²) in [4.78, 5) is 30.2. The Morgan fingerprint density at radius 2 is 1.62 bits per heavy atom. The number of benzene rings is 3. The Kier molecular flexibility index (Phi) is 17.1. The van der Waals surface area contributed by atoms with E-state index in [2.05, 4.69) is 36.1 Å². The highest BCUT2D eigenvalue weighted by Gasteiger charge is 2.09. The summed E-state index contributed by atoms with van der Waals surface area (Å²) < 4.78 is 5.67. The first kappa shape index (κ1) is 33.1. The normalized spacial score (nSPS) is 10.0. The summed E-state index contributed by atoms with van der Waals surface area (Å²) in [6, 6.07) is 22.2. The van der Waals surface area contributed by atoms with E-state index in [0.717, 1.165) is 24.1 Å². The number of oxazole rings is 1. The lowest BCUT2D eigenvalue weighted by molar-refractivity contribution is 0.101. The number of hydrogen-bond acceptors (Lipinski definition) is 6. The van der Waals surface area contributed by atoms with Gasteiger partial charge in [0.2, 0.25) is 5.89 Å². The Labute approximate surface area is 233 Å². The minimum Gasteiger partial charge on any atom is -0.436 e. The van der Waals surface area contributed by atoms with Crippen molar-refractivity contribution in [1.29, 1.82) is 0 Å². The lowest BCUT2D eigenvalue weighted by Crippen LogP contribution is -2.06. The molecule has 3 aromatic carbocycles. The first-order valence-corrected chi connectivity index (χ1v) is 13.6. The van der Waals surface area contributed by atoms with E-state index in [9.17, 15) is 9.59 Å². The van der Waals surface area contributed by atoms with Gasteiger partial charge in [0, 0.05) is 22.9 Å². The van der Waals surface area contributed by atoms with Crippen LogP contribution in [-0.2, 0) is 0 Å². The number of hydrogen-bond donors (Lipinski definition) is 1. The van der Waals surface area contributed by atoms with Crippen molar-refractivity contribution >= 4 is 35.1 Å². The van der Waals surface area contributed by atoms with Gasteiger partial charge in [-0.1, -0.05) is 70.4 Å². The van der Waals surface area contributed by atoms with Crippen LogP contribution in [0.3, 0.4) is 0 Å². The van der Waals surface area contributed by atoms with Crippen LogP contribution >= 0.6 is 0 Å². The maximum atomic E-state index is 11.3. The van der Waals surface area contributed by atoms with Crippen LogP contribution in [0.25, 0.3) is 22.6 Å². The van der Waals surface area contributed by atoms with Crippen LogP contribution in [0.5, 0.6) is 0 Å². The molecule has 1 aromatic heterocycles. The van der Waals surface area contributed by atoms with E-state index in [0.29, 0.717) is 28.1 Å². The van der Waals surface area contributed by atoms with Crippen molar-refractivity contribution in [3.05, 3.63) is 83.9 Å². The number of rotatable bonds is 8. The average Bonchev–Trinajstić information content (AvgIpc) is 3.41. The number of carbonyl (C=O) groups is 2. The lowest BCUT2D eigenvalue weighted by atomic mass is 10.1. The third kappa shape index (κ3) is 12.5. The van der Waals surface area contributed by atoms with Gasteiger partial charge in [-0.2, -0.15) is 0 Å². The van der Waals surface area contributed by atoms with Crippen molar-refractivity contribution in [3.63, 3.8) is 0 Å². The fourth-order valence-corrected chi connectivity index (χ4v) is 3.05. The van der Waals surface area contributed by atoms with Crippen LogP contribution < -0.4 is 5.32 Å². The molecule has 0 aliphatic heterocycles. The van der Waals surface area contributed by atoms with Crippen molar-refractivity contribution in [2.24, 2.45) is 4.99 Å². The molecular formula is C33H43N3O3. The van der Waals surface area contributed by atoms with Crippen LogP contribution in [0.2, 0.25) is 0 Å². The van der Waals surface area contributed by atoms with Gasteiger partial charge < -0.3 is 9.73 Å². The molecule has 4 rings (SSSR count). The lowest BCUT2D eigenvalue weighted by Gasteiger charge is -1.94. The van der Waals surface area contributed by atoms with Gasteiger partial charge in [-0.3, -0.25) is 14.6 Å². The second-order valence-electron chi connectivity index (χ2n) is 8.64. The second kappa shape index (κ2) is 20.1. The van der Waals surface area contributed by atoms with E-state index in [1.165, 1.54) is 25.7 Å². The first-order valence-electron chi connectivity index (χ1n) is 13.6. The largest absolute Gasteiger partial charge is 0.436 e. The van der Waals surface area contributed by atoms with E-state index in [1.54, 1.807) is 37.4 Å². The molecule has 0 amide bonds. The Hall–Kier alpha value is -3.90. The zero-order chi connectivity index (χ0) is 28.9. The Morgan fingerprint density at radius 1 is 0.949 bits per heavy atom. The van der Waals surface area contributed by atoms with E-state index in [1.807, 2.05) is 62.5 Å². The van der Waals surface area contributed by atoms with E-state index in [4.69, 9.17) is 4.42 Å². The maximum Gasteiger partial charge on any atom is 0.227 e. The fourth-order valence-electron chi connectivity index (χ4n) is 3.05. The van der Waals surface area contributed by atoms with Gasteiger partial charge in [-0.15, -0.1) is 0 Å². The molecule has 4 aromatic rings. The predicted octanol–water partition coefficient (Wildman–Crippen LogP) is 8.73. The minimum absolute atomic E-state index is 0.0289. The van der Waals surface area contributed by atoms with Gasteiger partial charge in [0.15, 0.2) is 17.7 Å². The number of ketones is 1. The molecule has 208 valence electrons. The number of aliphatic imine (C=N–C) groups is 1. The van der Waals surface area contributed by atoms with Crippen molar-refractivity contribution in [2.45, 2.75) is 60.3 Å². The number of aromatic nitrogens is 1. The molecule has 1 N–H and O–H groups in total. The molecule has 0 radical (unpaired) electrons. The van der Waals surface area contributed by atoms with Gasteiger partial charge in [-0.05, 0) is 76.3 Å². The number of Topliss-reactive ketones (excluding diaryl/α,β-unsaturated/α-hetero) is 1. The van der Waals surface area contributed by atoms with Crippen LogP contribution in [0, 0.1) is 0 Å². The average molecular weight is 530 g/mol. The number of aldehydes is 1. The Morgan fingerprint density at radius 3 is 2.15 bits per heavy atom. The van der Waals surface area contributed by atoms with E-state index in [-0.39, 0.29) is 5.78 Å². The van der Waals surface area contributed by atoms with E-state index < -0.39 is 0 Å². The summed E-state index contributed by atoms with van der Waals surface area (Å²) in [5.74, 6) is 0.604. The molecule has 0 fully saturated rings. The smallest absolute Gasteiger partial charge is 0.227 e. The summed E-state index contributed by atoms with van der Waals surface area (Å²) in [7, 11) is 1.98. The predicted molar refractivity (Wildman–Crippen MR) is 165 cm³/mol. The molecule has 0 aliphatic carbocycles. The Bertz CT molecular complexity index is 1260. The molecule has 39 heavy (non-hydrogen) atoms. The number of nitrogens with zero attached hydrogens (tertiary/aromatic N) is 2. The quantitative estimate of drug-likeness (QED) is 0.107. The molecule has 0 unspecified atom stereocenters. The van der Waals surface area contributed by atoms with Crippen molar-refractivity contribution in [2.75, 3.05) is 13.6 Å². The number of nitrogens with one attached hydrogen (secondary N) is 1. The molecule has 6 nitrogen and oxygen atoms in total. The standard InChI is InChI=1S/C15H11NO2.C9H9NO.C5H13N.C4H10/c1-10(17)12-7-8-14-13(9-12)16-15(18-14)11-5-3-2-4-6-11;1-2-10-9-6-4-3-5-8(9)7-11;1-3-4-5-6-2;1-3-4-2/h2-9H,1H3;2-7H,1H3;6H,3-5H2,1-2H3;3-4H2,1-2H3. The summed E-state index contributed by atoms with van der Waals surface area (Å²) in [6.45, 7) is 11.1. The van der Waals surface area contributed by atoms with E-state index >= 15 is 0 Å². The molecule has 0 saturated carbocycles. The topological polar surface area (TPSA) is 84.6 Å². The first-order chi connectivity index (χ1) is 18.9. The summed E-state index contributed by atoms with van der Waals surface area (Å²) >= 11 is 0. The third-order valence-electron chi connectivity index (χ3n) is 5.43. The Balaban J connectivity index is 0.000000309. The molecule has 6 heteroatoms. The monoisotopic (exact) mass is 529 g/mol. The van der Waals surface area contributed by atoms with Gasteiger partial charge in [0.05, 0.1) is 5.69 Å². The van der Waals surface area contributed by atoms with Crippen molar-refractivity contribution in [1.82, 2.24) is 10.3 Å². The van der Waals surface area contributed by atoms with Crippen LogP contribution in [0.15, 0.2) is 82.2 Å². The van der Waals surface area contributed by atoms with Gasteiger partial charge in [0.25, 0.3) is 0 Å². The van der Waals surface area contributed by atoms with Crippen molar-refractivity contribution < 1.29 is 14.0 Å². The van der Waals surface area contributed by atoms with Gasteiger partial charge in [-0.25, -0.2) is 4.98 Å². The number of fused-ring (bicyclic) bond motifs is 1. The van der Waals surface area contributed by atoms with Crippen LogP contribution in [0.1, 0.15) is 81.0 Å². The van der Waals surface area contributed by atoms with Crippen LogP contribution in [-0.4, -0.2) is 36.9 Å². The number of carbonyl (C=O) groups excluding carboxylic acids is 2. The third-order valence-corrected chi connectivity index (χ3v) is 5.43. The highest BCUT2D eigenvalue weighted by Crippen LogP contribution is 2.24. The summed E-state index contributed by atoms with van der Waals surface area (Å²) in [6.07, 6.45) is 7.71. The molecule has 0 atom stereocenters. The van der Waals surface area contributed by atoms with Crippen LogP contribution in [0.4, 0.5) is 5.69 Å². The maximum absolute atomic E-state index is 11.3. The molecule has 0 bridgehead atoms. The van der Waals surface area contributed by atoms with Gasteiger partial charge in [0.1, 0.15) is 5.52 Å². The number of unbranched alkanes of at least 4 members (excludes halogenated alkanes) is 2. The molecule has 1 heterocycles. The molecule has 0 spiro atoms. The number of para-hydroxylation sites is 1. The summed E-state index contributed by atoms with van der Waals surface area (Å²) in [5.41, 5.74) is 4.34. The highest BCUT2D eigenvalue weighted by molar-refractivity contribution is 5.97. The highest BCUT2D eigenvalue weighted by atomic mass is 16.3.